The zero-order chi connectivity index (χ0) is 25.8. The molecule has 0 bridgehead atoms. The molecule has 5 rings (SSSR count). The zero-order valence-electron chi connectivity index (χ0n) is 19.1. The molecule has 1 aliphatic rings. The van der Waals surface area contributed by atoms with Crippen LogP contribution in [0.4, 0.5) is 19.0 Å². The molecule has 186 valence electrons. The fraction of sp³-hybridized carbons (Fsp3) is 0.115. The topological polar surface area (TPSA) is 94.3 Å². The third-order valence-corrected chi connectivity index (χ3v) is 5.42. The highest BCUT2D eigenvalue weighted by Gasteiger charge is 2.36. The van der Waals surface area contributed by atoms with E-state index in [2.05, 4.69) is 25.4 Å². The van der Waals surface area contributed by atoms with Gasteiger partial charge in [-0.1, -0.05) is 24.3 Å². The lowest BCUT2D eigenvalue weighted by Gasteiger charge is -2.16. The number of rotatable bonds is 5. The standard InChI is InChI=1S/C26H19F3N6O2/c27-26(28,29)22-13-21(17-5-4-12-30-14-17)34-35(22)19-9-10-23(31-16-19)33-25(36)18-8-11-24(32-15-18)37-20-6-2-1-3-7-20/h1-14,16,18H,15H2,(H,31,33,36). The van der Waals surface area contributed by atoms with Crippen LogP contribution in [0, 0.1) is 5.92 Å². The van der Waals surface area contributed by atoms with E-state index >= 15 is 0 Å². The number of pyridine rings is 2. The maximum Gasteiger partial charge on any atom is 0.433 e. The number of amides is 1. The Bertz CT molecular complexity index is 1450. The maximum atomic E-state index is 13.7. The molecule has 0 saturated heterocycles. The van der Waals surface area contributed by atoms with Crippen molar-refractivity contribution in [2.75, 3.05) is 11.9 Å². The van der Waals surface area contributed by atoms with Gasteiger partial charge < -0.3 is 10.1 Å². The van der Waals surface area contributed by atoms with Gasteiger partial charge in [0, 0.05) is 18.0 Å². The number of aromatic nitrogens is 4. The Hall–Kier alpha value is -4.80. The summed E-state index contributed by atoms with van der Waals surface area (Å²) in [6, 6.07) is 16.2. The van der Waals surface area contributed by atoms with Crippen molar-refractivity contribution >= 4 is 17.6 Å². The minimum atomic E-state index is -4.64. The van der Waals surface area contributed by atoms with E-state index in [1.54, 1.807) is 36.4 Å². The summed E-state index contributed by atoms with van der Waals surface area (Å²) in [6.45, 7) is 0.182. The minimum Gasteiger partial charge on any atom is -0.439 e. The van der Waals surface area contributed by atoms with Gasteiger partial charge in [-0.2, -0.15) is 18.3 Å². The van der Waals surface area contributed by atoms with Crippen LogP contribution in [-0.2, 0) is 11.0 Å². The van der Waals surface area contributed by atoms with Gasteiger partial charge in [-0.3, -0.25) is 14.8 Å². The molecule has 1 atom stereocenters. The molecule has 1 aromatic carbocycles. The number of nitrogens with zero attached hydrogens (tertiary/aromatic N) is 5. The van der Waals surface area contributed by atoms with E-state index < -0.39 is 17.8 Å². The Morgan fingerprint density at radius 1 is 1.05 bits per heavy atom. The fourth-order valence-corrected chi connectivity index (χ4v) is 3.59. The van der Waals surface area contributed by atoms with Gasteiger partial charge >= 0.3 is 6.18 Å². The highest BCUT2D eigenvalue weighted by atomic mass is 19.4. The Kier molecular flexibility index (Phi) is 6.50. The minimum absolute atomic E-state index is 0.0883. The fourth-order valence-electron chi connectivity index (χ4n) is 3.59. The molecule has 1 aliphatic heterocycles. The van der Waals surface area contributed by atoms with Crippen LogP contribution in [-0.4, -0.2) is 38.1 Å². The average molecular weight is 504 g/mol. The van der Waals surface area contributed by atoms with Crippen LogP contribution in [0.2, 0.25) is 0 Å². The van der Waals surface area contributed by atoms with E-state index in [1.807, 2.05) is 18.2 Å². The van der Waals surface area contributed by atoms with Gasteiger partial charge in [0.25, 0.3) is 0 Å². The Labute approximate surface area is 209 Å². The lowest BCUT2D eigenvalue weighted by Crippen LogP contribution is -2.27. The first-order valence-electron chi connectivity index (χ1n) is 11.2. The van der Waals surface area contributed by atoms with Crippen molar-refractivity contribution in [1.29, 1.82) is 0 Å². The number of carbonyl (C=O) groups is 1. The van der Waals surface area contributed by atoms with E-state index in [-0.39, 0.29) is 29.7 Å². The average Bonchev–Trinajstić information content (AvgIpc) is 3.37. The Balaban J connectivity index is 1.27. The molecule has 0 radical (unpaired) electrons. The van der Waals surface area contributed by atoms with Crippen LogP contribution in [0.25, 0.3) is 16.9 Å². The first-order valence-corrected chi connectivity index (χ1v) is 11.2. The lowest BCUT2D eigenvalue weighted by molar-refractivity contribution is -0.142. The number of alkyl halides is 3. The summed E-state index contributed by atoms with van der Waals surface area (Å²) in [5.74, 6) is 0.313. The molecule has 37 heavy (non-hydrogen) atoms. The van der Waals surface area contributed by atoms with Crippen molar-refractivity contribution in [1.82, 2.24) is 19.7 Å². The van der Waals surface area contributed by atoms with E-state index in [0.717, 1.165) is 10.7 Å². The van der Waals surface area contributed by atoms with Gasteiger partial charge in [0.1, 0.15) is 17.3 Å². The molecule has 1 amide bonds. The molecule has 0 aliphatic carbocycles. The monoisotopic (exact) mass is 504 g/mol. The van der Waals surface area contributed by atoms with E-state index in [9.17, 15) is 18.0 Å². The highest BCUT2D eigenvalue weighted by Crippen LogP contribution is 2.34. The summed E-state index contributed by atoms with van der Waals surface area (Å²) in [5, 5.41) is 6.77. The first kappa shape index (κ1) is 23.9. The summed E-state index contributed by atoms with van der Waals surface area (Å²) in [6.07, 6.45) is 2.82. The number of ether oxygens (including phenoxy) is 1. The molecular formula is C26H19F3N6O2. The number of hydrogen-bond donors (Lipinski definition) is 1. The number of aliphatic imine (C=N–C) groups is 1. The van der Waals surface area contributed by atoms with Crippen LogP contribution >= 0.6 is 0 Å². The summed E-state index contributed by atoms with van der Waals surface area (Å²) in [5.41, 5.74) is -0.295. The number of anilines is 1. The quantitative estimate of drug-likeness (QED) is 0.415. The number of benzene rings is 1. The normalized spacial score (nSPS) is 15.2. The Morgan fingerprint density at radius 3 is 2.54 bits per heavy atom. The summed E-state index contributed by atoms with van der Waals surface area (Å²) >= 11 is 0. The second-order valence-electron chi connectivity index (χ2n) is 8.02. The molecule has 0 fully saturated rings. The predicted molar refractivity (Wildman–Crippen MR) is 130 cm³/mol. The molecule has 8 nitrogen and oxygen atoms in total. The molecular weight excluding hydrogens is 485 g/mol. The van der Waals surface area contributed by atoms with Gasteiger partial charge in [-0.05, 0) is 48.5 Å². The first-order chi connectivity index (χ1) is 17.9. The predicted octanol–water partition coefficient (Wildman–Crippen LogP) is 4.95. The van der Waals surface area contributed by atoms with Crippen LogP contribution < -0.4 is 10.1 Å². The van der Waals surface area contributed by atoms with Crippen LogP contribution in [0.5, 0.6) is 5.75 Å². The molecule has 0 spiro atoms. The third kappa shape index (κ3) is 5.56. The van der Waals surface area contributed by atoms with Gasteiger partial charge in [0.05, 0.1) is 30.0 Å². The summed E-state index contributed by atoms with van der Waals surface area (Å²) in [4.78, 5) is 25.0. The summed E-state index contributed by atoms with van der Waals surface area (Å²) in [7, 11) is 0. The van der Waals surface area contributed by atoms with Crippen LogP contribution in [0.15, 0.2) is 96.4 Å². The Morgan fingerprint density at radius 2 is 1.89 bits per heavy atom. The molecule has 4 aromatic rings. The van der Waals surface area contributed by atoms with E-state index in [4.69, 9.17) is 4.74 Å². The second kappa shape index (κ2) is 10.1. The second-order valence-corrected chi connectivity index (χ2v) is 8.02. The van der Waals surface area contributed by atoms with Crippen LogP contribution in [0.3, 0.4) is 0 Å². The van der Waals surface area contributed by atoms with Crippen molar-refractivity contribution in [2.24, 2.45) is 10.9 Å². The third-order valence-electron chi connectivity index (χ3n) is 5.42. The van der Waals surface area contributed by atoms with Crippen molar-refractivity contribution in [3.8, 4) is 22.7 Å². The van der Waals surface area contributed by atoms with Gasteiger partial charge in [-0.15, -0.1) is 0 Å². The highest BCUT2D eigenvalue weighted by molar-refractivity contribution is 5.97. The SMILES string of the molecule is O=C(Nc1ccc(-n2nc(-c3cccnc3)cc2C(F)(F)F)cn1)C1C=CC(Oc2ccccc2)=NC1. The van der Waals surface area contributed by atoms with Gasteiger partial charge in [0.15, 0.2) is 0 Å². The smallest absolute Gasteiger partial charge is 0.433 e. The summed E-state index contributed by atoms with van der Waals surface area (Å²) < 4.78 is 47.5. The van der Waals surface area contributed by atoms with Crippen LogP contribution in [0.1, 0.15) is 5.69 Å². The molecule has 1 unspecified atom stereocenters. The number of dihydropyridines is 1. The van der Waals surface area contributed by atoms with E-state index in [1.165, 1.54) is 30.7 Å². The number of hydrogen-bond acceptors (Lipinski definition) is 6. The molecule has 0 saturated carbocycles. The molecule has 3 aromatic heterocycles. The van der Waals surface area contributed by atoms with Gasteiger partial charge in [-0.25, -0.2) is 9.67 Å². The number of halogens is 3. The van der Waals surface area contributed by atoms with Gasteiger partial charge in [0.2, 0.25) is 11.8 Å². The number of para-hydroxylation sites is 1. The van der Waals surface area contributed by atoms with E-state index in [0.29, 0.717) is 17.2 Å². The van der Waals surface area contributed by atoms with Crippen molar-refractivity contribution in [2.45, 2.75) is 6.18 Å². The van der Waals surface area contributed by atoms with Crippen molar-refractivity contribution in [3.05, 3.63) is 97.1 Å². The maximum absolute atomic E-state index is 13.7. The lowest BCUT2D eigenvalue weighted by atomic mass is 10.1. The van der Waals surface area contributed by atoms with Crippen molar-refractivity contribution in [3.63, 3.8) is 0 Å². The molecule has 11 heteroatoms. The number of nitrogens with one attached hydrogen (secondary N) is 1. The molecule has 1 N–H and O–H groups in total. The number of carbonyl (C=O) groups excluding carboxylic acids is 1. The molecule has 4 heterocycles. The largest absolute Gasteiger partial charge is 0.439 e. The zero-order valence-corrected chi connectivity index (χ0v) is 19.1. The van der Waals surface area contributed by atoms with Crippen molar-refractivity contribution < 1.29 is 22.7 Å².